The van der Waals surface area contributed by atoms with Gasteiger partial charge in [0.15, 0.2) is 10.0 Å². The van der Waals surface area contributed by atoms with E-state index in [2.05, 4.69) is 39.0 Å². The summed E-state index contributed by atoms with van der Waals surface area (Å²) in [5.74, 6) is 0.261. The van der Waals surface area contributed by atoms with Gasteiger partial charge in [-0.3, -0.25) is 0 Å². The molecule has 5 rings (SSSR count). The van der Waals surface area contributed by atoms with Crippen LogP contribution in [0.2, 0.25) is 0 Å². The number of fused-ring (bicyclic) bond motifs is 1. The smallest absolute Gasteiger partial charge is 0.291 e. The molecule has 34 heavy (non-hydrogen) atoms. The average Bonchev–Trinajstić information content (AvgIpc) is 3.15. The highest BCUT2D eigenvalue weighted by atomic mass is 32.2. The summed E-state index contributed by atoms with van der Waals surface area (Å²) in [6.07, 6.45) is -0.381. The third kappa shape index (κ3) is 4.21. The van der Waals surface area contributed by atoms with Crippen molar-refractivity contribution in [3.05, 3.63) is 29.4 Å². The molecule has 1 saturated heterocycles. The van der Waals surface area contributed by atoms with E-state index in [-0.39, 0.29) is 27.9 Å². The number of halogens is 2. The average molecular weight is 511 g/mol. The number of hydrogen-bond donors (Lipinski definition) is 2. The highest BCUT2D eigenvalue weighted by Gasteiger charge is 2.49. The number of anilines is 1. The lowest BCUT2D eigenvalue weighted by molar-refractivity contribution is 0.150. The van der Waals surface area contributed by atoms with E-state index in [9.17, 15) is 17.2 Å². The molecule has 2 aliphatic rings. The van der Waals surface area contributed by atoms with Crippen molar-refractivity contribution in [1.82, 2.24) is 24.6 Å². The molecule has 12 heteroatoms. The van der Waals surface area contributed by atoms with Crippen molar-refractivity contribution >= 4 is 32.6 Å². The minimum atomic E-state index is -3.82. The summed E-state index contributed by atoms with van der Waals surface area (Å²) in [6.45, 7) is 9.52. The highest BCUT2D eigenvalue weighted by molar-refractivity contribution is 7.89. The van der Waals surface area contributed by atoms with Gasteiger partial charge in [0, 0.05) is 36.9 Å². The van der Waals surface area contributed by atoms with E-state index in [4.69, 9.17) is 0 Å². The minimum absolute atomic E-state index is 0.130. The monoisotopic (exact) mass is 510 g/mol. The van der Waals surface area contributed by atoms with E-state index in [1.807, 2.05) is 19.9 Å². The van der Waals surface area contributed by atoms with Gasteiger partial charge < -0.3 is 14.6 Å². The van der Waals surface area contributed by atoms with Crippen molar-refractivity contribution in [2.75, 3.05) is 18.0 Å². The van der Waals surface area contributed by atoms with Crippen LogP contribution >= 0.6 is 11.3 Å². The molecule has 3 aromatic heterocycles. The minimum Gasteiger partial charge on any atom is -0.367 e. The maximum atomic E-state index is 13.4. The van der Waals surface area contributed by atoms with Crippen LogP contribution in [-0.2, 0) is 10.0 Å². The number of hydrogen-bond acceptors (Lipinski definition) is 7. The number of sulfonamides is 1. The van der Waals surface area contributed by atoms with Crippen LogP contribution in [0.15, 0.2) is 29.3 Å². The number of pyridine rings is 1. The van der Waals surface area contributed by atoms with Gasteiger partial charge in [-0.1, -0.05) is 18.3 Å². The third-order valence-electron chi connectivity index (χ3n) is 6.80. The van der Waals surface area contributed by atoms with E-state index in [0.717, 1.165) is 29.0 Å². The molecule has 0 amide bonds. The second kappa shape index (κ2) is 8.21. The zero-order valence-corrected chi connectivity index (χ0v) is 21.1. The van der Waals surface area contributed by atoms with E-state index in [1.54, 1.807) is 22.7 Å². The first-order valence-electron chi connectivity index (χ1n) is 11.3. The van der Waals surface area contributed by atoms with Gasteiger partial charge in [0.1, 0.15) is 4.90 Å². The van der Waals surface area contributed by atoms with Gasteiger partial charge in [-0.2, -0.15) is 0 Å². The van der Waals surface area contributed by atoms with Gasteiger partial charge in [-0.05, 0) is 51.3 Å². The normalized spacial score (nSPS) is 27.6. The van der Waals surface area contributed by atoms with Crippen LogP contribution in [0.3, 0.4) is 0 Å². The molecule has 4 heterocycles. The SMILES string of the molecule is C[C@@H]1C[C@]1(C)NS(=O)(=O)c1cc(N2C[C@H](C)N[C@@H](C)C2)c2ccc(-c3nnc(C(F)F)s3)n2c1. The first kappa shape index (κ1) is 23.6. The predicted octanol–water partition coefficient (Wildman–Crippen LogP) is 3.66. The Kier molecular flexibility index (Phi) is 5.70. The molecule has 184 valence electrons. The molecule has 1 aliphatic carbocycles. The lowest BCUT2D eigenvalue weighted by Gasteiger charge is -2.38. The first-order chi connectivity index (χ1) is 16.0. The number of nitrogens with one attached hydrogen (secondary N) is 2. The Balaban J connectivity index is 1.66. The lowest BCUT2D eigenvalue weighted by Crippen LogP contribution is -2.54. The van der Waals surface area contributed by atoms with Gasteiger partial charge in [-0.15, -0.1) is 10.2 Å². The van der Waals surface area contributed by atoms with Crippen LogP contribution in [-0.4, -0.2) is 53.7 Å². The summed E-state index contributed by atoms with van der Waals surface area (Å²) in [7, 11) is -3.82. The molecule has 0 radical (unpaired) electrons. The molecule has 0 unspecified atom stereocenters. The molecule has 2 fully saturated rings. The molecule has 2 N–H and O–H groups in total. The van der Waals surface area contributed by atoms with E-state index < -0.39 is 22.0 Å². The van der Waals surface area contributed by atoms with Crippen molar-refractivity contribution in [2.24, 2.45) is 5.92 Å². The van der Waals surface area contributed by atoms with Gasteiger partial charge in [0.05, 0.1) is 16.9 Å². The molecule has 1 saturated carbocycles. The van der Waals surface area contributed by atoms with Crippen LogP contribution in [0.25, 0.3) is 16.2 Å². The van der Waals surface area contributed by atoms with Crippen molar-refractivity contribution in [3.63, 3.8) is 0 Å². The second-order valence-corrected chi connectivity index (χ2v) is 12.5. The van der Waals surface area contributed by atoms with Gasteiger partial charge in [-0.25, -0.2) is 21.9 Å². The summed E-state index contributed by atoms with van der Waals surface area (Å²) < 4.78 is 57.7. The summed E-state index contributed by atoms with van der Waals surface area (Å²) in [6, 6.07) is 5.81. The summed E-state index contributed by atoms with van der Waals surface area (Å²) in [4.78, 5) is 2.31. The van der Waals surface area contributed by atoms with Crippen LogP contribution in [0.5, 0.6) is 0 Å². The maximum absolute atomic E-state index is 13.4. The number of aromatic nitrogens is 3. The van der Waals surface area contributed by atoms with Crippen LogP contribution < -0.4 is 14.9 Å². The second-order valence-electron chi connectivity index (χ2n) is 9.78. The third-order valence-corrected chi connectivity index (χ3v) is 9.33. The number of nitrogens with zero attached hydrogens (tertiary/aromatic N) is 4. The Hall–Kier alpha value is -2.15. The van der Waals surface area contributed by atoms with E-state index in [1.165, 1.54) is 0 Å². The van der Waals surface area contributed by atoms with Crippen LogP contribution in [0.1, 0.15) is 45.5 Å². The largest absolute Gasteiger partial charge is 0.367 e. The Bertz CT molecular complexity index is 1330. The zero-order valence-electron chi connectivity index (χ0n) is 19.4. The van der Waals surface area contributed by atoms with Crippen molar-refractivity contribution in [2.45, 2.75) is 63.1 Å². The molecule has 0 aromatic carbocycles. The number of piperazine rings is 1. The summed E-state index contributed by atoms with van der Waals surface area (Å²) >= 11 is 0.808. The highest BCUT2D eigenvalue weighted by Crippen LogP contribution is 2.44. The fourth-order valence-electron chi connectivity index (χ4n) is 4.78. The lowest BCUT2D eigenvalue weighted by atomic mass is 10.1. The first-order valence-corrected chi connectivity index (χ1v) is 13.6. The van der Waals surface area contributed by atoms with Gasteiger partial charge in [0.2, 0.25) is 10.0 Å². The van der Waals surface area contributed by atoms with Crippen molar-refractivity contribution in [3.8, 4) is 10.7 Å². The predicted molar refractivity (Wildman–Crippen MR) is 128 cm³/mol. The molecular weight excluding hydrogens is 482 g/mol. The number of alkyl halides is 2. The van der Waals surface area contributed by atoms with E-state index in [0.29, 0.717) is 23.8 Å². The van der Waals surface area contributed by atoms with Crippen molar-refractivity contribution < 1.29 is 17.2 Å². The standard InChI is InChI=1S/C22H28F2N6O2S2/c1-12-8-22(12,4)28-34(31,32)15-7-18(29-9-13(2)25-14(3)10-29)16-5-6-17(30(16)11-15)20-26-27-21(33-20)19(23)24/h5-7,11-14,19,25,28H,8-10H2,1-4H3/t12-,13+,14+,22+/m1/s1. The number of rotatable bonds is 6. The Labute approximate surface area is 201 Å². The van der Waals surface area contributed by atoms with Crippen LogP contribution in [0, 0.1) is 5.92 Å². The summed E-state index contributed by atoms with van der Waals surface area (Å²) in [5.41, 5.74) is 1.63. The fourth-order valence-corrected chi connectivity index (χ4v) is 7.03. The molecule has 0 spiro atoms. The molecule has 3 aromatic rings. The molecule has 8 nitrogen and oxygen atoms in total. The Morgan fingerprint density at radius 3 is 2.47 bits per heavy atom. The topological polar surface area (TPSA) is 91.6 Å². The van der Waals surface area contributed by atoms with Crippen LogP contribution in [0.4, 0.5) is 14.5 Å². The quantitative estimate of drug-likeness (QED) is 0.526. The van der Waals surface area contributed by atoms with Gasteiger partial charge in [0.25, 0.3) is 6.43 Å². The van der Waals surface area contributed by atoms with E-state index >= 15 is 0 Å². The van der Waals surface area contributed by atoms with Crippen molar-refractivity contribution in [1.29, 1.82) is 0 Å². The fraction of sp³-hybridized carbons (Fsp3) is 0.545. The van der Waals surface area contributed by atoms with Gasteiger partial charge >= 0.3 is 0 Å². The molecule has 1 aliphatic heterocycles. The Morgan fingerprint density at radius 1 is 1.21 bits per heavy atom. The molecule has 4 atom stereocenters. The molecular formula is C22H28F2N6O2S2. The zero-order chi connectivity index (χ0) is 24.4. The summed E-state index contributed by atoms with van der Waals surface area (Å²) in [5, 5.41) is 11.0. The maximum Gasteiger partial charge on any atom is 0.291 e. The Morgan fingerprint density at radius 2 is 1.88 bits per heavy atom. The molecule has 0 bridgehead atoms.